The molecule has 0 saturated heterocycles. The van der Waals surface area contributed by atoms with Crippen molar-refractivity contribution in [2.75, 3.05) is 17.6 Å². The van der Waals surface area contributed by atoms with Crippen molar-refractivity contribution in [1.82, 2.24) is 0 Å². The molecule has 0 unspecified atom stereocenters. The van der Waals surface area contributed by atoms with E-state index >= 15 is 0 Å². The first-order valence-electron chi connectivity index (χ1n) is 5.72. The SMILES string of the molecule is CC(C)C(C)(C)CNc1cc(Cl)c(F)cc1N. The van der Waals surface area contributed by atoms with E-state index in [9.17, 15) is 4.39 Å². The molecule has 0 heterocycles. The molecule has 4 heteroatoms. The summed E-state index contributed by atoms with van der Waals surface area (Å²) in [5.41, 5.74) is 6.93. The quantitative estimate of drug-likeness (QED) is 0.796. The second kappa shape index (κ2) is 5.13. The van der Waals surface area contributed by atoms with Gasteiger partial charge in [-0.1, -0.05) is 39.3 Å². The summed E-state index contributed by atoms with van der Waals surface area (Å²) >= 11 is 5.73. The number of anilines is 2. The Labute approximate surface area is 107 Å². The monoisotopic (exact) mass is 258 g/mol. The van der Waals surface area contributed by atoms with Crippen LogP contribution < -0.4 is 11.1 Å². The average molecular weight is 259 g/mol. The molecule has 2 nitrogen and oxygen atoms in total. The van der Waals surface area contributed by atoms with E-state index in [1.54, 1.807) is 0 Å². The fraction of sp³-hybridized carbons (Fsp3) is 0.538. The molecule has 0 atom stereocenters. The minimum Gasteiger partial charge on any atom is -0.397 e. The van der Waals surface area contributed by atoms with E-state index in [0.29, 0.717) is 17.3 Å². The van der Waals surface area contributed by atoms with Crippen molar-refractivity contribution in [2.45, 2.75) is 27.7 Å². The van der Waals surface area contributed by atoms with Gasteiger partial charge in [0, 0.05) is 12.6 Å². The molecule has 1 rings (SSSR count). The Hall–Kier alpha value is -0.960. The van der Waals surface area contributed by atoms with Gasteiger partial charge in [0.1, 0.15) is 5.82 Å². The zero-order valence-corrected chi connectivity index (χ0v) is 11.5. The van der Waals surface area contributed by atoms with E-state index in [0.717, 1.165) is 6.54 Å². The van der Waals surface area contributed by atoms with E-state index in [-0.39, 0.29) is 10.4 Å². The van der Waals surface area contributed by atoms with E-state index in [4.69, 9.17) is 17.3 Å². The standard InChI is InChI=1S/C13H20ClFN2/c1-8(2)13(3,4)7-17-12-5-9(14)10(15)6-11(12)16/h5-6,8,17H,7,16H2,1-4H3. The Balaban J connectivity index is 2.80. The fourth-order valence-corrected chi connectivity index (χ4v) is 1.41. The maximum absolute atomic E-state index is 13.1. The van der Waals surface area contributed by atoms with Gasteiger partial charge in [-0.25, -0.2) is 4.39 Å². The highest BCUT2D eigenvalue weighted by Crippen LogP contribution is 2.30. The van der Waals surface area contributed by atoms with Gasteiger partial charge in [0.05, 0.1) is 16.4 Å². The molecule has 3 N–H and O–H groups in total. The molecule has 1 aromatic carbocycles. The number of halogens is 2. The fourth-order valence-electron chi connectivity index (χ4n) is 1.24. The number of hydrogen-bond donors (Lipinski definition) is 2. The Morgan fingerprint density at radius 3 is 2.53 bits per heavy atom. The first kappa shape index (κ1) is 14.1. The van der Waals surface area contributed by atoms with Crippen LogP contribution in [0.1, 0.15) is 27.7 Å². The zero-order chi connectivity index (χ0) is 13.2. The van der Waals surface area contributed by atoms with E-state index < -0.39 is 5.82 Å². The van der Waals surface area contributed by atoms with Crippen LogP contribution in [0, 0.1) is 17.2 Å². The molecule has 0 spiro atoms. The molecule has 1 aromatic rings. The Bertz CT molecular complexity index is 403. The van der Waals surface area contributed by atoms with Gasteiger partial charge in [0.15, 0.2) is 0 Å². The maximum atomic E-state index is 13.1. The van der Waals surface area contributed by atoms with Gasteiger partial charge >= 0.3 is 0 Å². The van der Waals surface area contributed by atoms with Gasteiger partial charge in [-0.05, 0) is 17.4 Å². The maximum Gasteiger partial charge on any atom is 0.143 e. The highest BCUT2D eigenvalue weighted by molar-refractivity contribution is 6.31. The second-order valence-electron chi connectivity index (χ2n) is 5.35. The van der Waals surface area contributed by atoms with Crippen LogP contribution in [0.4, 0.5) is 15.8 Å². The van der Waals surface area contributed by atoms with Gasteiger partial charge in [-0.3, -0.25) is 0 Å². The summed E-state index contributed by atoms with van der Waals surface area (Å²) in [4.78, 5) is 0. The van der Waals surface area contributed by atoms with Crippen LogP contribution in [0.15, 0.2) is 12.1 Å². The van der Waals surface area contributed by atoms with Crippen molar-refractivity contribution in [3.63, 3.8) is 0 Å². The topological polar surface area (TPSA) is 38.0 Å². The predicted molar refractivity (Wildman–Crippen MR) is 72.9 cm³/mol. The lowest BCUT2D eigenvalue weighted by molar-refractivity contribution is 0.270. The highest BCUT2D eigenvalue weighted by Gasteiger charge is 2.22. The van der Waals surface area contributed by atoms with Gasteiger partial charge < -0.3 is 11.1 Å². The summed E-state index contributed by atoms with van der Waals surface area (Å²) < 4.78 is 13.1. The van der Waals surface area contributed by atoms with Crippen LogP contribution in [0.3, 0.4) is 0 Å². The van der Waals surface area contributed by atoms with Crippen molar-refractivity contribution in [2.24, 2.45) is 11.3 Å². The molecule has 0 aliphatic carbocycles. The van der Waals surface area contributed by atoms with Crippen molar-refractivity contribution in [3.8, 4) is 0 Å². The van der Waals surface area contributed by atoms with E-state index in [1.807, 2.05) is 0 Å². The Morgan fingerprint density at radius 1 is 1.41 bits per heavy atom. The molecule has 0 aliphatic rings. The second-order valence-corrected chi connectivity index (χ2v) is 5.76. The van der Waals surface area contributed by atoms with E-state index in [1.165, 1.54) is 12.1 Å². The summed E-state index contributed by atoms with van der Waals surface area (Å²) in [5, 5.41) is 3.31. The molecular weight excluding hydrogens is 239 g/mol. The molecular formula is C13H20ClFN2. The highest BCUT2D eigenvalue weighted by atomic mass is 35.5. The lowest BCUT2D eigenvalue weighted by atomic mass is 9.81. The van der Waals surface area contributed by atoms with Crippen molar-refractivity contribution >= 4 is 23.0 Å². The van der Waals surface area contributed by atoms with Crippen LogP contribution in [-0.4, -0.2) is 6.54 Å². The van der Waals surface area contributed by atoms with Gasteiger partial charge in [-0.2, -0.15) is 0 Å². The number of rotatable bonds is 4. The molecule has 96 valence electrons. The average Bonchev–Trinajstić information content (AvgIpc) is 2.21. The molecule has 0 saturated carbocycles. The Morgan fingerprint density at radius 2 is 2.00 bits per heavy atom. The Kier molecular flexibility index (Phi) is 4.26. The zero-order valence-electron chi connectivity index (χ0n) is 10.8. The van der Waals surface area contributed by atoms with Crippen LogP contribution in [0.5, 0.6) is 0 Å². The molecule has 0 aliphatic heterocycles. The summed E-state index contributed by atoms with van der Waals surface area (Å²) in [7, 11) is 0. The smallest absolute Gasteiger partial charge is 0.143 e. The van der Waals surface area contributed by atoms with Gasteiger partial charge in [0.25, 0.3) is 0 Å². The van der Waals surface area contributed by atoms with E-state index in [2.05, 4.69) is 33.0 Å². The van der Waals surface area contributed by atoms with Crippen LogP contribution in [0.25, 0.3) is 0 Å². The third-order valence-corrected chi connectivity index (χ3v) is 3.68. The molecule has 0 fully saturated rings. The van der Waals surface area contributed by atoms with Crippen LogP contribution in [0.2, 0.25) is 5.02 Å². The van der Waals surface area contributed by atoms with Gasteiger partial charge in [-0.15, -0.1) is 0 Å². The molecule has 0 bridgehead atoms. The minimum atomic E-state index is -0.488. The third kappa shape index (κ3) is 3.50. The first-order valence-corrected chi connectivity index (χ1v) is 6.10. The van der Waals surface area contributed by atoms with Crippen molar-refractivity contribution in [1.29, 1.82) is 0 Å². The molecule has 0 amide bonds. The number of nitrogens with one attached hydrogen (secondary N) is 1. The molecule has 0 radical (unpaired) electrons. The summed E-state index contributed by atoms with van der Waals surface area (Å²) in [6, 6.07) is 2.77. The minimum absolute atomic E-state index is 0.0871. The van der Waals surface area contributed by atoms with Crippen molar-refractivity contribution < 1.29 is 4.39 Å². The summed E-state index contributed by atoms with van der Waals surface area (Å²) in [5.74, 6) is 0.0463. The van der Waals surface area contributed by atoms with Crippen LogP contribution in [-0.2, 0) is 0 Å². The first-order chi connectivity index (χ1) is 7.74. The van der Waals surface area contributed by atoms with Gasteiger partial charge in [0.2, 0.25) is 0 Å². The lowest BCUT2D eigenvalue weighted by Crippen LogP contribution is -2.28. The largest absolute Gasteiger partial charge is 0.397 e. The summed E-state index contributed by atoms with van der Waals surface area (Å²) in [6.45, 7) is 9.44. The molecule has 17 heavy (non-hydrogen) atoms. The number of benzene rings is 1. The molecule has 0 aromatic heterocycles. The summed E-state index contributed by atoms with van der Waals surface area (Å²) in [6.07, 6.45) is 0. The van der Waals surface area contributed by atoms with Crippen LogP contribution >= 0.6 is 11.6 Å². The number of nitrogen functional groups attached to an aromatic ring is 1. The number of hydrogen-bond acceptors (Lipinski definition) is 2. The lowest BCUT2D eigenvalue weighted by Gasteiger charge is -2.30. The predicted octanol–water partition coefficient (Wildman–Crippen LogP) is 4.16. The van der Waals surface area contributed by atoms with Crippen molar-refractivity contribution in [3.05, 3.63) is 23.0 Å². The third-order valence-electron chi connectivity index (χ3n) is 3.39. The normalized spacial score (nSPS) is 11.9. The number of nitrogens with two attached hydrogens (primary N) is 1.